The first-order valence-corrected chi connectivity index (χ1v) is 8.19. The van der Waals surface area contributed by atoms with Crippen molar-refractivity contribution in [2.75, 3.05) is 5.75 Å². The number of benzene rings is 2. The monoisotopic (exact) mass is 292 g/mol. The van der Waals surface area contributed by atoms with Crippen LogP contribution in [0.5, 0.6) is 0 Å². The van der Waals surface area contributed by atoms with Gasteiger partial charge in [-0.25, -0.2) is 0 Å². The van der Waals surface area contributed by atoms with Gasteiger partial charge in [0.25, 0.3) is 0 Å². The Bertz CT molecular complexity index is 529. The number of thioether (sulfide) groups is 2. The smallest absolute Gasteiger partial charge is 0.0541 e. The second-order valence-corrected chi connectivity index (χ2v) is 7.10. The maximum absolute atomic E-state index is 6.17. The minimum absolute atomic E-state index is 0.670. The zero-order chi connectivity index (χ0) is 12.4. The molecule has 18 heavy (non-hydrogen) atoms. The zero-order valence-corrected chi connectivity index (χ0v) is 12.2. The Morgan fingerprint density at radius 2 is 1.89 bits per heavy atom. The lowest BCUT2D eigenvalue weighted by Crippen LogP contribution is -2.03. The highest BCUT2D eigenvalue weighted by molar-refractivity contribution is 8.03. The summed E-state index contributed by atoms with van der Waals surface area (Å²) in [5.41, 5.74) is 1.49. The van der Waals surface area contributed by atoms with E-state index in [9.17, 15) is 0 Å². The van der Waals surface area contributed by atoms with E-state index in [2.05, 4.69) is 30.3 Å². The Balaban J connectivity index is 1.62. The number of rotatable bonds is 3. The molecule has 3 heteroatoms. The van der Waals surface area contributed by atoms with Crippen molar-refractivity contribution in [3.63, 3.8) is 0 Å². The molecule has 0 aromatic heterocycles. The van der Waals surface area contributed by atoms with Crippen LogP contribution in [0.4, 0.5) is 0 Å². The molecule has 0 saturated heterocycles. The van der Waals surface area contributed by atoms with Gasteiger partial charge in [0.15, 0.2) is 0 Å². The minimum atomic E-state index is 0.670. The molecule has 1 heterocycles. The van der Waals surface area contributed by atoms with Gasteiger partial charge in [-0.05, 0) is 30.2 Å². The summed E-state index contributed by atoms with van der Waals surface area (Å²) >= 11 is 10.0. The average molecular weight is 293 g/mol. The number of halogens is 1. The maximum atomic E-state index is 6.17. The van der Waals surface area contributed by atoms with Crippen LogP contribution in [0.15, 0.2) is 58.3 Å². The summed E-state index contributed by atoms with van der Waals surface area (Å²) in [6.45, 7) is 0. The summed E-state index contributed by atoms with van der Waals surface area (Å²) in [4.78, 5) is 2.64. The lowest BCUT2D eigenvalue weighted by atomic mass is 10.1. The molecular weight excluding hydrogens is 280 g/mol. The Kier molecular flexibility index (Phi) is 3.88. The summed E-state index contributed by atoms with van der Waals surface area (Å²) in [7, 11) is 0. The predicted molar refractivity (Wildman–Crippen MR) is 82.0 cm³/mol. The minimum Gasteiger partial charge on any atom is -0.123 e. The average Bonchev–Trinajstić information content (AvgIpc) is 2.80. The van der Waals surface area contributed by atoms with E-state index in [1.54, 1.807) is 0 Å². The second kappa shape index (κ2) is 5.60. The van der Waals surface area contributed by atoms with E-state index in [1.165, 1.54) is 21.8 Å². The largest absolute Gasteiger partial charge is 0.123 e. The molecule has 0 nitrogen and oxygen atoms in total. The van der Waals surface area contributed by atoms with Crippen molar-refractivity contribution < 1.29 is 0 Å². The van der Waals surface area contributed by atoms with E-state index < -0.39 is 0 Å². The Morgan fingerprint density at radius 1 is 1.11 bits per heavy atom. The first-order chi connectivity index (χ1) is 8.83. The van der Waals surface area contributed by atoms with Crippen LogP contribution in [0.2, 0.25) is 5.02 Å². The van der Waals surface area contributed by atoms with Crippen molar-refractivity contribution in [3.8, 4) is 0 Å². The fraction of sp³-hybridized carbons (Fsp3) is 0.200. The van der Waals surface area contributed by atoms with Gasteiger partial charge in [-0.1, -0.05) is 41.9 Å². The topological polar surface area (TPSA) is 0 Å². The molecule has 0 bridgehead atoms. The molecule has 1 unspecified atom stereocenters. The molecule has 1 atom stereocenters. The molecule has 2 aromatic rings. The third-order valence-corrected chi connectivity index (χ3v) is 6.18. The molecule has 1 aliphatic rings. The van der Waals surface area contributed by atoms with E-state index in [0.717, 1.165) is 10.8 Å². The van der Waals surface area contributed by atoms with Gasteiger partial charge in [0, 0.05) is 20.8 Å². The zero-order valence-electron chi connectivity index (χ0n) is 9.80. The Labute approximate surface area is 121 Å². The van der Waals surface area contributed by atoms with Crippen molar-refractivity contribution >= 4 is 35.1 Å². The van der Waals surface area contributed by atoms with Crippen LogP contribution >= 0.6 is 35.1 Å². The van der Waals surface area contributed by atoms with Gasteiger partial charge < -0.3 is 0 Å². The summed E-state index contributed by atoms with van der Waals surface area (Å²) in [6.07, 6.45) is 1.18. The van der Waals surface area contributed by atoms with Crippen molar-refractivity contribution in [3.05, 3.63) is 59.1 Å². The van der Waals surface area contributed by atoms with Crippen LogP contribution < -0.4 is 0 Å². The Morgan fingerprint density at radius 3 is 2.72 bits per heavy atom. The normalized spacial score (nSPS) is 17.7. The van der Waals surface area contributed by atoms with Crippen LogP contribution in [0.1, 0.15) is 5.56 Å². The van der Waals surface area contributed by atoms with E-state index in [1.807, 2.05) is 41.7 Å². The summed E-state index contributed by atoms with van der Waals surface area (Å²) < 4.78 is 0. The summed E-state index contributed by atoms with van der Waals surface area (Å²) in [5, 5.41) is 1.53. The van der Waals surface area contributed by atoms with E-state index >= 15 is 0 Å². The van der Waals surface area contributed by atoms with Crippen LogP contribution in [0, 0.1) is 0 Å². The quantitative estimate of drug-likeness (QED) is 0.718. The predicted octanol–water partition coefficient (Wildman–Crippen LogP) is 5.15. The van der Waals surface area contributed by atoms with Gasteiger partial charge in [-0.2, -0.15) is 0 Å². The SMILES string of the molecule is Clc1ccccc1SCC1Cc2ccccc2S1. The number of hydrogen-bond donors (Lipinski definition) is 0. The van der Waals surface area contributed by atoms with E-state index in [-0.39, 0.29) is 0 Å². The molecule has 0 N–H and O–H groups in total. The molecule has 92 valence electrons. The molecular formula is C15H13ClS2. The third-order valence-electron chi connectivity index (χ3n) is 2.98. The van der Waals surface area contributed by atoms with Crippen LogP contribution in [0.3, 0.4) is 0 Å². The highest BCUT2D eigenvalue weighted by Crippen LogP contribution is 2.39. The molecule has 0 saturated carbocycles. The maximum Gasteiger partial charge on any atom is 0.0541 e. The molecule has 0 fully saturated rings. The van der Waals surface area contributed by atoms with Crippen molar-refractivity contribution in [2.24, 2.45) is 0 Å². The van der Waals surface area contributed by atoms with Crippen LogP contribution in [-0.4, -0.2) is 11.0 Å². The van der Waals surface area contributed by atoms with Crippen LogP contribution in [-0.2, 0) is 6.42 Å². The second-order valence-electron chi connectivity index (χ2n) is 4.29. The highest BCUT2D eigenvalue weighted by Gasteiger charge is 2.21. The number of fused-ring (bicyclic) bond motifs is 1. The van der Waals surface area contributed by atoms with Gasteiger partial charge in [0.05, 0.1) is 5.02 Å². The fourth-order valence-electron chi connectivity index (χ4n) is 2.09. The molecule has 3 rings (SSSR count). The van der Waals surface area contributed by atoms with Gasteiger partial charge in [-0.3, -0.25) is 0 Å². The third kappa shape index (κ3) is 2.71. The van der Waals surface area contributed by atoms with Crippen molar-refractivity contribution in [2.45, 2.75) is 21.5 Å². The fourth-order valence-corrected chi connectivity index (χ4v) is 4.81. The first kappa shape index (κ1) is 12.5. The molecule has 0 spiro atoms. The summed E-state index contributed by atoms with van der Waals surface area (Å²) in [5.74, 6) is 1.11. The van der Waals surface area contributed by atoms with Gasteiger partial charge in [-0.15, -0.1) is 23.5 Å². The van der Waals surface area contributed by atoms with Crippen molar-refractivity contribution in [1.82, 2.24) is 0 Å². The lowest BCUT2D eigenvalue weighted by Gasteiger charge is -2.08. The van der Waals surface area contributed by atoms with E-state index in [4.69, 9.17) is 11.6 Å². The van der Waals surface area contributed by atoms with Gasteiger partial charge in [0.2, 0.25) is 0 Å². The van der Waals surface area contributed by atoms with Gasteiger partial charge >= 0.3 is 0 Å². The Hall–Kier alpha value is -0.570. The first-order valence-electron chi connectivity index (χ1n) is 5.95. The summed E-state index contributed by atoms with van der Waals surface area (Å²) in [6, 6.07) is 16.8. The van der Waals surface area contributed by atoms with Crippen LogP contribution in [0.25, 0.3) is 0 Å². The highest BCUT2D eigenvalue weighted by atomic mass is 35.5. The van der Waals surface area contributed by atoms with E-state index in [0.29, 0.717) is 5.25 Å². The number of hydrogen-bond acceptors (Lipinski definition) is 2. The molecule has 0 radical (unpaired) electrons. The van der Waals surface area contributed by atoms with Gasteiger partial charge in [0.1, 0.15) is 0 Å². The molecule has 1 aliphatic heterocycles. The lowest BCUT2D eigenvalue weighted by molar-refractivity contribution is 0.970. The standard InChI is InChI=1S/C15H13ClS2/c16-13-6-2-4-8-15(13)17-10-12-9-11-5-1-3-7-14(11)18-12/h1-8,12H,9-10H2. The molecule has 2 aromatic carbocycles. The molecule has 0 amide bonds. The van der Waals surface area contributed by atoms with Crippen molar-refractivity contribution in [1.29, 1.82) is 0 Å². The molecule has 0 aliphatic carbocycles.